The first-order valence-electron chi connectivity index (χ1n) is 19.4. The van der Waals surface area contributed by atoms with Crippen LogP contribution in [0.2, 0.25) is 0 Å². The van der Waals surface area contributed by atoms with Gasteiger partial charge in [0.15, 0.2) is 5.78 Å². The zero-order valence-electron chi connectivity index (χ0n) is 33.4. The molecule has 2 heterocycles. The third kappa shape index (κ3) is 15.6. The molecule has 2 aliphatic heterocycles. The molecule has 2 fully saturated rings. The Labute approximate surface area is 339 Å². The third-order valence-corrected chi connectivity index (χ3v) is 11.9. The van der Waals surface area contributed by atoms with E-state index in [1.807, 2.05) is 53.7 Å². The van der Waals surface area contributed by atoms with Gasteiger partial charge in [0, 0.05) is 23.7 Å². The average Bonchev–Trinajstić information content (AvgIpc) is 3.63. The number of ether oxygens (including phenoxy) is 2. The van der Waals surface area contributed by atoms with Crippen molar-refractivity contribution in [3.05, 3.63) is 24.0 Å². The van der Waals surface area contributed by atoms with Crippen LogP contribution in [0, 0.1) is 41.4 Å². The van der Waals surface area contributed by atoms with Gasteiger partial charge in [0.2, 0.25) is 0 Å². The number of hydrogen-bond donors (Lipinski definition) is 3. The first-order valence-corrected chi connectivity index (χ1v) is 19.4. The van der Waals surface area contributed by atoms with Gasteiger partial charge in [0.25, 0.3) is 0 Å². The van der Waals surface area contributed by atoms with Crippen molar-refractivity contribution in [1.82, 2.24) is 0 Å². The monoisotopic (exact) mass is 746 g/mol. The summed E-state index contributed by atoms with van der Waals surface area (Å²) in [6.07, 6.45) is 10.2. The summed E-state index contributed by atoms with van der Waals surface area (Å²) in [5.74, 6) is -1.73. The van der Waals surface area contributed by atoms with E-state index in [4.69, 9.17) is 9.47 Å². The van der Waals surface area contributed by atoms with Crippen LogP contribution in [0.25, 0.3) is 0 Å². The first kappa shape index (κ1) is 48.5. The van der Waals surface area contributed by atoms with E-state index in [0.717, 1.165) is 38.5 Å². The van der Waals surface area contributed by atoms with Gasteiger partial charge in [-0.1, -0.05) is 60.6 Å². The number of ketones is 1. The van der Waals surface area contributed by atoms with Gasteiger partial charge in [-0.15, -0.1) is 5.76 Å². The largest absolute Gasteiger partial charge is 2.00 e. The Morgan fingerprint density at radius 2 is 1.47 bits per heavy atom. The van der Waals surface area contributed by atoms with E-state index in [1.54, 1.807) is 6.92 Å². The molecule has 51 heavy (non-hydrogen) atoms. The molecule has 2 rings (SSSR count). The van der Waals surface area contributed by atoms with Crippen molar-refractivity contribution in [3.8, 4) is 0 Å². The van der Waals surface area contributed by atoms with Gasteiger partial charge < -0.3 is 39.8 Å². The van der Waals surface area contributed by atoms with Gasteiger partial charge >= 0.3 is 37.7 Å². The minimum absolute atomic E-state index is 0. The summed E-state index contributed by atoms with van der Waals surface area (Å²) in [4.78, 5) is 23.5. The second-order valence-corrected chi connectivity index (χ2v) is 17.1. The second-order valence-electron chi connectivity index (χ2n) is 17.1. The standard InChI is InChI=1S/C41H72O9.Ca/c1-25(21-29(5)34(43)24-35(44)30(6)22-27(3)20-26(2)14-15-38(46)47)12-11-13-28(4)39(48)31(7)36(45)23-33-16-18-41(10,49-33)37-17-19-40(9,50-37)32(8)42;/h11,13,24-33,36-37,39,42-43,45,48H,12,14-23H2,1-10H3,(H,46,47);/q;+2/p-2/b13-11+,34-24+;/t25-,26+,27+,28?,29-,30+,31-,32?,33-,36+,37?,39?,40+,41-;/m1./s1. The van der Waals surface area contributed by atoms with Gasteiger partial charge in [0.05, 0.1) is 41.7 Å². The van der Waals surface area contributed by atoms with Gasteiger partial charge in [-0.2, -0.15) is 0 Å². The zero-order chi connectivity index (χ0) is 38.0. The molecule has 3 N–H and O–H groups in total. The van der Waals surface area contributed by atoms with Crippen molar-refractivity contribution < 1.29 is 44.6 Å². The molecule has 2 aliphatic rings. The van der Waals surface area contributed by atoms with Gasteiger partial charge in [0.1, 0.15) is 0 Å². The van der Waals surface area contributed by atoms with Crippen molar-refractivity contribution in [2.75, 3.05) is 0 Å². The van der Waals surface area contributed by atoms with E-state index in [2.05, 4.69) is 20.8 Å². The quantitative estimate of drug-likeness (QED) is 0.0607. The number of carbonyl (C=O) groups is 2. The Hall–Kier alpha value is -0.520. The molecule has 0 radical (unpaired) electrons. The molecule has 0 aliphatic carbocycles. The molecule has 0 saturated carbocycles. The number of aliphatic carboxylic acids is 1. The summed E-state index contributed by atoms with van der Waals surface area (Å²) in [6, 6.07) is 0. The van der Waals surface area contributed by atoms with Gasteiger partial charge in [-0.3, -0.25) is 4.79 Å². The Morgan fingerprint density at radius 3 is 2.06 bits per heavy atom. The number of rotatable bonds is 22. The maximum absolute atomic E-state index is 12.9. The number of carboxylic acids is 1. The smallest absolute Gasteiger partial charge is 0.875 e. The predicted octanol–water partition coefficient (Wildman–Crippen LogP) is 4.89. The van der Waals surface area contributed by atoms with Crippen LogP contribution in [0.1, 0.15) is 140 Å². The summed E-state index contributed by atoms with van der Waals surface area (Å²) in [5, 5.41) is 55.9. The Morgan fingerprint density at radius 1 is 0.843 bits per heavy atom. The van der Waals surface area contributed by atoms with Crippen LogP contribution in [-0.2, 0) is 19.1 Å². The average molecular weight is 747 g/mol. The molecule has 0 aromatic carbocycles. The Kier molecular flexibility index (Phi) is 21.1. The Balaban J connectivity index is 0.0000130. The van der Waals surface area contributed by atoms with Crippen LogP contribution in [-0.4, -0.2) is 107 Å². The van der Waals surface area contributed by atoms with E-state index in [0.29, 0.717) is 25.7 Å². The van der Waals surface area contributed by atoms with E-state index < -0.39 is 35.5 Å². The maximum Gasteiger partial charge on any atom is 2.00 e. The molecule has 0 bridgehead atoms. The topological polar surface area (TPSA) is 159 Å². The first-order chi connectivity index (χ1) is 23.2. The second kappa shape index (κ2) is 22.1. The molecule has 10 heteroatoms. The molecule has 4 unspecified atom stereocenters. The van der Waals surface area contributed by atoms with Crippen LogP contribution in [0.4, 0.5) is 0 Å². The van der Waals surface area contributed by atoms with Crippen LogP contribution in [0.3, 0.4) is 0 Å². The summed E-state index contributed by atoms with van der Waals surface area (Å²) in [6.45, 7) is 19.4. The number of allylic oxidation sites excluding steroid dienone is 3. The van der Waals surface area contributed by atoms with Crippen molar-refractivity contribution >= 4 is 49.5 Å². The summed E-state index contributed by atoms with van der Waals surface area (Å²) >= 11 is 0. The van der Waals surface area contributed by atoms with E-state index in [1.165, 1.54) is 6.08 Å². The minimum Gasteiger partial charge on any atom is -0.875 e. The normalized spacial score (nSPS) is 30.1. The number of hydrogen-bond acceptors (Lipinski definition) is 9. The number of carbonyl (C=O) groups excluding carboxylic acids is 2. The molecule has 0 aromatic heterocycles. The van der Waals surface area contributed by atoms with Crippen molar-refractivity contribution in [3.63, 3.8) is 0 Å². The fourth-order valence-corrected chi connectivity index (χ4v) is 8.00. The molecular weight excluding hydrogens is 677 g/mol. The summed E-state index contributed by atoms with van der Waals surface area (Å²) in [7, 11) is 0. The number of aliphatic hydroxyl groups is 3. The van der Waals surface area contributed by atoms with Crippen LogP contribution in [0.5, 0.6) is 0 Å². The molecular formula is C41H70CaO9. The van der Waals surface area contributed by atoms with Crippen LogP contribution in [0.15, 0.2) is 24.0 Å². The Bertz CT molecular complexity index is 1130. The van der Waals surface area contributed by atoms with Crippen LogP contribution >= 0.6 is 0 Å². The third-order valence-electron chi connectivity index (χ3n) is 11.9. The van der Waals surface area contributed by atoms with E-state index in [-0.39, 0.29) is 109 Å². The molecule has 0 amide bonds. The number of aliphatic hydroxyl groups excluding tert-OH is 3. The fourth-order valence-electron chi connectivity index (χ4n) is 8.00. The van der Waals surface area contributed by atoms with Gasteiger partial charge in [-0.05, 0) is 121 Å². The minimum atomic E-state index is -1.04. The maximum atomic E-state index is 12.9. The molecule has 9 nitrogen and oxygen atoms in total. The molecule has 0 spiro atoms. The van der Waals surface area contributed by atoms with Gasteiger partial charge in [-0.25, -0.2) is 0 Å². The molecule has 14 atom stereocenters. The SMILES string of the molecule is CC(/C=C/C[C@@H](C)C[C@@H](C)/C([O-])=C\C(=O)[C@@H](C)C[C@@H](C)C[C@@H](C)CCC(=O)[O-])C(O)[C@H](C)[C@@H](O)C[C@H]1CC[C@](C)(C2CC[C@@](C)(C(C)O)O2)O1.[Ca+2]. The van der Waals surface area contributed by atoms with Crippen molar-refractivity contribution in [2.45, 2.75) is 182 Å². The zero-order valence-corrected chi connectivity index (χ0v) is 35.6. The fraction of sp³-hybridized carbons (Fsp3) is 0.854. The van der Waals surface area contributed by atoms with Crippen molar-refractivity contribution in [1.29, 1.82) is 0 Å². The summed E-state index contributed by atoms with van der Waals surface area (Å²) in [5.41, 5.74) is -1.02. The van der Waals surface area contributed by atoms with Crippen LogP contribution < -0.4 is 10.2 Å². The van der Waals surface area contributed by atoms with E-state index >= 15 is 0 Å². The van der Waals surface area contributed by atoms with E-state index in [9.17, 15) is 35.1 Å². The summed E-state index contributed by atoms with van der Waals surface area (Å²) < 4.78 is 12.7. The van der Waals surface area contributed by atoms with Crippen molar-refractivity contribution in [2.24, 2.45) is 41.4 Å². The molecule has 290 valence electrons. The predicted molar refractivity (Wildman–Crippen MR) is 198 cm³/mol. The number of carboxylic acid groups (broad SMARTS) is 1. The molecule has 0 aromatic rings. The molecule has 2 saturated heterocycles.